The zero-order valence-electron chi connectivity index (χ0n) is 12.8. The monoisotopic (exact) mass is 384 g/mol. The molecule has 8 heteroatoms. The van der Waals surface area contributed by atoms with E-state index in [9.17, 15) is 0 Å². The van der Waals surface area contributed by atoms with Gasteiger partial charge in [0, 0.05) is 32.7 Å². The van der Waals surface area contributed by atoms with Crippen molar-refractivity contribution in [3.63, 3.8) is 0 Å². The van der Waals surface area contributed by atoms with Gasteiger partial charge in [-0.3, -0.25) is 0 Å². The van der Waals surface area contributed by atoms with Crippen molar-refractivity contribution in [2.75, 3.05) is 0 Å². The normalized spacial score (nSPS) is 13.8. The van der Waals surface area contributed by atoms with E-state index in [1.54, 1.807) is 0 Å². The molecule has 0 bridgehead atoms. The molecule has 0 unspecified atom stereocenters. The standard InChI is InChI=1S/C9H27O3Si4.Y/c1-13(10-14(2,3)4)11-16(8,9)12-15(5,6)7;/h1-9H3;. The maximum Gasteiger partial charge on any atom is 0.360 e. The minimum atomic E-state index is -2.00. The Kier molecular flexibility index (Phi) is 9.44. The van der Waals surface area contributed by atoms with Gasteiger partial charge in [0.25, 0.3) is 0 Å². The number of hydrogen-bond donors (Lipinski definition) is 0. The van der Waals surface area contributed by atoms with Gasteiger partial charge in [-0.05, 0) is 58.9 Å². The van der Waals surface area contributed by atoms with Gasteiger partial charge in [0.2, 0.25) is 0 Å². The van der Waals surface area contributed by atoms with Crippen LogP contribution in [0.4, 0.5) is 0 Å². The van der Waals surface area contributed by atoms with E-state index in [0.717, 1.165) is 0 Å². The van der Waals surface area contributed by atoms with Gasteiger partial charge in [-0.25, -0.2) is 0 Å². The van der Waals surface area contributed by atoms with Gasteiger partial charge in [-0.1, -0.05) is 0 Å². The molecule has 0 aromatic carbocycles. The van der Waals surface area contributed by atoms with Crippen molar-refractivity contribution < 1.29 is 45.1 Å². The van der Waals surface area contributed by atoms with E-state index in [0.29, 0.717) is 0 Å². The average Bonchev–Trinajstić information content (AvgIpc) is 1.70. The summed E-state index contributed by atoms with van der Waals surface area (Å²) in [5.41, 5.74) is 0. The van der Waals surface area contributed by atoms with Crippen molar-refractivity contribution in [2.24, 2.45) is 0 Å². The second-order valence-corrected chi connectivity index (χ2v) is 21.1. The predicted octanol–water partition coefficient (Wildman–Crippen LogP) is 3.52. The van der Waals surface area contributed by atoms with Gasteiger partial charge in [0.15, 0.2) is 16.6 Å². The molecule has 0 aromatic rings. The molecule has 3 nitrogen and oxygen atoms in total. The SMILES string of the molecule is C[Si](O[Si](C)(C)C)O[Si](C)(C)O[Si](C)(C)C.[Y]. The van der Waals surface area contributed by atoms with Crippen molar-refractivity contribution >= 4 is 34.5 Å². The largest absolute Gasteiger partial charge is 0.437 e. The van der Waals surface area contributed by atoms with E-state index in [1.807, 2.05) is 0 Å². The van der Waals surface area contributed by atoms with Crippen LogP contribution < -0.4 is 0 Å². The van der Waals surface area contributed by atoms with Crippen LogP contribution in [0.15, 0.2) is 0 Å². The third kappa shape index (κ3) is 14.1. The summed E-state index contributed by atoms with van der Waals surface area (Å²) >= 11 is 0. The summed E-state index contributed by atoms with van der Waals surface area (Å²) in [6.07, 6.45) is 0. The van der Waals surface area contributed by atoms with Crippen molar-refractivity contribution in [1.29, 1.82) is 0 Å². The first-order chi connectivity index (χ1) is 6.81. The molecule has 0 N–H and O–H groups in total. The molecule has 2 radical (unpaired) electrons. The molecule has 0 aliphatic carbocycles. The van der Waals surface area contributed by atoms with Crippen LogP contribution in [0.3, 0.4) is 0 Å². The van der Waals surface area contributed by atoms with Gasteiger partial charge in [0.1, 0.15) is 0 Å². The van der Waals surface area contributed by atoms with Crippen LogP contribution in [-0.4, -0.2) is 34.5 Å². The summed E-state index contributed by atoms with van der Waals surface area (Å²) < 4.78 is 18.2. The summed E-state index contributed by atoms with van der Waals surface area (Å²) in [6.45, 7) is 19.5. The minimum absolute atomic E-state index is 0. The zero-order valence-corrected chi connectivity index (χ0v) is 19.6. The van der Waals surface area contributed by atoms with Gasteiger partial charge < -0.3 is 12.3 Å². The Balaban J connectivity index is 0. The first kappa shape index (κ1) is 21.2. The molecule has 0 aromatic heterocycles. The summed E-state index contributed by atoms with van der Waals surface area (Å²) in [5, 5.41) is 0. The van der Waals surface area contributed by atoms with Gasteiger partial charge in [0.05, 0.1) is 0 Å². The van der Waals surface area contributed by atoms with Crippen LogP contribution in [0.2, 0.25) is 58.9 Å². The Bertz CT molecular complexity index is 225. The topological polar surface area (TPSA) is 27.7 Å². The first-order valence-electron chi connectivity index (χ1n) is 5.72. The molecule has 0 rings (SSSR count). The quantitative estimate of drug-likeness (QED) is 0.656. The molecule has 0 saturated carbocycles. The Morgan fingerprint density at radius 1 is 0.706 bits per heavy atom. The Labute approximate surface area is 137 Å². The summed E-state index contributed by atoms with van der Waals surface area (Å²) in [7, 11) is -6.14. The maximum atomic E-state index is 6.13. The van der Waals surface area contributed by atoms with E-state index >= 15 is 0 Å². The van der Waals surface area contributed by atoms with Gasteiger partial charge in [-0.2, -0.15) is 0 Å². The van der Waals surface area contributed by atoms with Crippen LogP contribution in [0, 0.1) is 0 Å². The number of rotatable bonds is 6. The maximum absolute atomic E-state index is 6.13. The van der Waals surface area contributed by atoms with Crippen LogP contribution in [0.5, 0.6) is 0 Å². The van der Waals surface area contributed by atoms with Crippen LogP contribution in [0.25, 0.3) is 0 Å². The molecule has 0 aliphatic rings. The second-order valence-electron chi connectivity index (χ2n) is 6.42. The molecule has 0 aliphatic heterocycles. The van der Waals surface area contributed by atoms with Crippen LogP contribution in [0.1, 0.15) is 0 Å². The van der Waals surface area contributed by atoms with E-state index in [2.05, 4.69) is 58.9 Å². The van der Waals surface area contributed by atoms with Crippen molar-refractivity contribution in [1.82, 2.24) is 0 Å². The molecule has 0 atom stereocenters. The fraction of sp³-hybridized carbons (Fsp3) is 1.00. The van der Waals surface area contributed by atoms with Crippen LogP contribution in [-0.2, 0) is 45.1 Å². The Morgan fingerprint density at radius 2 is 1.12 bits per heavy atom. The van der Waals surface area contributed by atoms with Crippen molar-refractivity contribution in [2.45, 2.75) is 58.9 Å². The molecular formula is C9H27O3Si4Y. The Morgan fingerprint density at radius 3 is 1.41 bits per heavy atom. The summed E-state index contributed by atoms with van der Waals surface area (Å²) in [5.74, 6) is 0. The predicted molar refractivity (Wildman–Crippen MR) is 79.0 cm³/mol. The van der Waals surface area contributed by atoms with Gasteiger partial charge >= 0.3 is 17.8 Å². The van der Waals surface area contributed by atoms with Crippen molar-refractivity contribution in [3.05, 3.63) is 0 Å². The van der Waals surface area contributed by atoms with E-state index in [4.69, 9.17) is 12.3 Å². The second kappa shape index (κ2) is 7.59. The molecular weight excluding hydrogens is 357 g/mol. The fourth-order valence-electron chi connectivity index (χ4n) is 1.56. The molecule has 0 heterocycles. The average molecular weight is 385 g/mol. The molecule has 0 spiro atoms. The summed E-state index contributed by atoms with van der Waals surface area (Å²) in [4.78, 5) is 0. The van der Waals surface area contributed by atoms with E-state index in [1.165, 1.54) is 0 Å². The zero-order chi connectivity index (χ0) is 13.2. The minimum Gasteiger partial charge on any atom is -0.437 e. The fourth-order valence-corrected chi connectivity index (χ4v) is 14.8. The summed E-state index contributed by atoms with van der Waals surface area (Å²) in [6, 6.07) is 0. The first-order valence-corrected chi connectivity index (χ1v) is 17.2. The smallest absolute Gasteiger partial charge is 0.360 e. The van der Waals surface area contributed by atoms with Crippen LogP contribution >= 0.6 is 0 Å². The number of hydrogen-bond acceptors (Lipinski definition) is 3. The van der Waals surface area contributed by atoms with Gasteiger partial charge in [-0.15, -0.1) is 0 Å². The molecule has 17 heavy (non-hydrogen) atoms. The molecule has 100 valence electrons. The molecule has 0 saturated heterocycles. The van der Waals surface area contributed by atoms with E-state index in [-0.39, 0.29) is 32.7 Å². The van der Waals surface area contributed by atoms with E-state index < -0.39 is 34.5 Å². The third-order valence-corrected chi connectivity index (χ3v) is 12.5. The molecule has 0 fully saturated rings. The third-order valence-electron chi connectivity index (χ3n) is 1.39. The Hall–Kier alpha value is 1.85. The van der Waals surface area contributed by atoms with Crippen molar-refractivity contribution in [3.8, 4) is 0 Å². The molecule has 0 amide bonds.